The number of piperidine rings is 1. The lowest BCUT2D eigenvalue weighted by Crippen LogP contribution is -2.38. The van der Waals surface area contributed by atoms with Gasteiger partial charge in [-0.1, -0.05) is 23.7 Å². The zero-order valence-corrected chi connectivity index (χ0v) is 14.3. The molecule has 126 valence electrons. The Morgan fingerprint density at radius 2 is 2.00 bits per heavy atom. The number of aryl methyl sites for hydroxylation is 1. The predicted octanol–water partition coefficient (Wildman–Crippen LogP) is 3.39. The number of hydrogen-bond acceptors (Lipinski definition) is 5. The number of pyridine rings is 1. The Hall–Kier alpha value is -1.92. The fourth-order valence-corrected chi connectivity index (χ4v) is 4.14. The molecule has 0 N–H and O–H groups in total. The minimum atomic E-state index is -0.357. The number of rotatable bonds is 2. The van der Waals surface area contributed by atoms with Crippen LogP contribution in [0, 0.1) is 17.0 Å². The van der Waals surface area contributed by atoms with Crippen LogP contribution in [0.3, 0.4) is 0 Å². The predicted molar refractivity (Wildman–Crippen MR) is 95.0 cm³/mol. The van der Waals surface area contributed by atoms with Crippen molar-refractivity contribution in [3.05, 3.63) is 38.9 Å². The topological polar surface area (TPSA) is 62.5 Å². The molecule has 0 radical (unpaired) electrons. The van der Waals surface area contributed by atoms with Gasteiger partial charge in [-0.25, -0.2) is 4.98 Å². The van der Waals surface area contributed by atoms with Crippen molar-refractivity contribution in [2.24, 2.45) is 0 Å². The summed E-state index contributed by atoms with van der Waals surface area (Å²) in [5.41, 5.74) is 1.05. The molecule has 2 bridgehead atoms. The minimum absolute atomic E-state index is 0.0547. The number of nitro groups is 1. The summed E-state index contributed by atoms with van der Waals surface area (Å²) in [5.74, 6) is 0.759. The molecular formula is C17H19ClN4O2. The van der Waals surface area contributed by atoms with Crippen LogP contribution in [0.15, 0.2) is 18.2 Å². The zero-order valence-electron chi connectivity index (χ0n) is 13.5. The number of benzene rings is 1. The molecule has 4 heterocycles. The van der Waals surface area contributed by atoms with Gasteiger partial charge in [-0.05, 0) is 25.8 Å². The lowest BCUT2D eigenvalue weighted by Gasteiger charge is -2.32. The second kappa shape index (κ2) is 5.86. The summed E-state index contributed by atoms with van der Waals surface area (Å²) in [5, 5.41) is 12.7. The monoisotopic (exact) mass is 346 g/mol. The van der Waals surface area contributed by atoms with Gasteiger partial charge >= 0.3 is 0 Å². The van der Waals surface area contributed by atoms with Crippen LogP contribution in [0.2, 0.25) is 5.02 Å². The van der Waals surface area contributed by atoms with E-state index in [0.717, 1.165) is 44.8 Å². The fourth-order valence-electron chi connectivity index (χ4n) is 3.89. The molecule has 3 aliphatic rings. The van der Waals surface area contributed by atoms with Gasteiger partial charge in [0.05, 0.1) is 9.95 Å². The summed E-state index contributed by atoms with van der Waals surface area (Å²) >= 11 is 6.45. The van der Waals surface area contributed by atoms with Crippen LogP contribution in [-0.4, -0.2) is 47.0 Å². The van der Waals surface area contributed by atoms with Crippen molar-refractivity contribution >= 4 is 34.0 Å². The number of aromatic nitrogens is 1. The first-order valence-electron chi connectivity index (χ1n) is 8.28. The van der Waals surface area contributed by atoms with Crippen molar-refractivity contribution in [3.63, 3.8) is 0 Å². The Morgan fingerprint density at radius 1 is 1.25 bits per heavy atom. The largest absolute Gasteiger partial charge is 0.352 e. The maximum absolute atomic E-state index is 11.5. The molecule has 5 rings (SSSR count). The van der Waals surface area contributed by atoms with E-state index in [9.17, 15) is 10.1 Å². The third-order valence-electron chi connectivity index (χ3n) is 5.22. The molecule has 3 aliphatic heterocycles. The van der Waals surface area contributed by atoms with Gasteiger partial charge in [0.1, 0.15) is 5.82 Å². The van der Waals surface area contributed by atoms with Gasteiger partial charge in [-0.2, -0.15) is 0 Å². The van der Waals surface area contributed by atoms with E-state index in [4.69, 9.17) is 11.6 Å². The van der Waals surface area contributed by atoms with E-state index in [0.29, 0.717) is 27.5 Å². The van der Waals surface area contributed by atoms with E-state index >= 15 is 0 Å². The van der Waals surface area contributed by atoms with Gasteiger partial charge in [0, 0.05) is 43.2 Å². The Morgan fingerprint density at radius 3 is 2.71 bits per heavy atom. The van der Waals surface area contributed by atoms with Gasteiger partial charge in [0.2, 0.25) is 0 Å². The first kappa shape index (κ1) is 15.6. The van der Waals surface area contributed by atoms with E-state index < -0.39 is 0 Å². The van der Waals surface area contributed by atoms with Crippen molar-refractivity contribution in [1.82, 2.24) is 9.88 Å². The zero-order chi connectivity index (χ0) is 16.8. The number of halogens is 1. The van der Waals surface area contributed by atoms with Gasteiger partial charge < -0.3 is 9.80 Å². The van der Waals surface area contributed by atoms with Crippen molar-refractivity contribution in [1.29, 1.82) is 0 Å². The quantitative estimate of drug-likeness (QED) is 0.616. The fraction of sp³-hybridized carbons (Fsp3) is 0.471. The van der Waals surface area contributed by atoms with E-state index in [2.05, 4.69) is 14.8 Å². The summed E-state index contributed by atoms with van der Waals surface area (Å²) in [6.45, 7) is 5.85. The highest BCUT2D eigenvalue weighted by Gasteiger charge is 2.30. The Bertz CT molecular complexity index is 818. The second-order valence-corrected chi connectivity index (χ2v) is 7.02. The van der Waals surface area contributed by atoms with Gasteiger partial charge in [-0.15, -0.1) is 0 Å². The summed E-state index contributed by atoms with van der Waals surface area (Å²) in [6, 6.07) is 5.84. The van der Waals surface area contributed by atoms with Gasteiger partial charge in [-0.3, -0.25) is 10.1 Å². The smallest absolute Gasteiger partial charge is 0.298 e. The lowest BCUT2D eigenvalue weighted by molar-refractivity contribution is -0.383. The van der Waals surface area contributed by atoms with Gasteiger partial charge in [0.25, 0.3) is 5.69 Å². The normalized spacial score (nSPS) is 23.5. The molecule has 1 aromatic carbocycles. The van der Waals surface area contributed by atoms with Crippen LogP contribution >= 0.6 is 11.6 Å². The molecule has 1 aromatic heterocycles. The molecule has 6 nitrogen and oxygen atoms in total. The maximum atomic E-state index is 11.5. The molecule has 2 aromatic rings. The van der Waals surface area contributed by atoms with E-state index in [1.54, 1.807) is 13.0 Å². The van der Waals surface area contributed by atoms with Crippen LogP contribution in [0.4, 0.5) is 11.5 Å². The van der Waals surface area contributed by atoms with Gasteiger partial charge in [0.15, 0.2) is 5.52 Å². The first-order chi connectivity index (χ1) is 11.5. The number of fused-ring (bicyclic) bond motifs is 5. The third kappa shape index (κ3) is 2.50. The summed E-state index contributed by atoms with van der Waals surface area (Å²) < 4.78 is 0. The summed E-state index contributed by atoms with van der Waals surface area (Å²) in [6.07, 6.45) is 2.21. The molecule has 0 amide bonds. The average Bonchev–Trinajstić information content (AvgIpc) is 2.87. The van der Waals surface area contributed by atoms with Crippen LogP contribution in [0.25, 0.3) is 10.9 Å². The highest BCUT2D eigenvalue weighted by atomic mass is 35.5. The van der Waals surface area contributed by atoms with E-state index in [1.807, 2.05) is 12.1 Å². The molecule has 24 heavy (non-hydrogen) atoms. The Labute approximate surface area is 145 Å². The lowest BCUT2D eigenvalue weighted by atomic mass is 10.0. The molecule has 0 aliphatic carbocycles. The number of anilines is 1. The van der Waals surface area contributed by atoms with Crippen molar-refractivity contribution in [2.45, 2.75) is 25.8 Å². The summed E-state index contributed by atoms with van der Waals surface area (Å²) in [7, 11) is 0. The van der Waals surface area contributed by atoms with Crippen LogP contribution in [0.5, 0.6) is 0 Å². The second-order valence-electron chi connectivity index (χ2n) is 6.61. The SMILES string of the molecule is Cc1ccc2c(Cl)cc(N3CCN4CCC3CC4)nc2c1[N+](=O)[O-]. The highest BCUT2D eigenvalue weighted by Crippen LogP contribution is 2.36. The number of nitro benzene ring substituents is 1. The van der Waals surface area contributed by atoms with Crippen molar-refractivity contribution in [3.8, 4) is 0 Å². The summed E-state index contributed by atoms with van der Waals surface area (Å²) in [4.78, 5) is 20.6. The number of nitrogens with zero attached hydrogens (tertiary/aromatic N) is 4. The van der Waals surface area contributed by atoms with Crippen molar-refractivity contribution < 1.29 is 4.92 Å². The van der Waals surface area contributed by atoms with E-state index in [1.165, 1.54) is 0 Å². The Balaban J connectivity index is 1.87. The molecule has 3 fully saturated rings. The first-order valence-corrected chi connectivity index (χ1v) is 8.65. The van der Waals surface area contributed by atoms with Crippen LogP contribution in [-0.2, 0) is 0 Å². The molecular weight excluding hydrogens is 328 g/mol. The molecule has 0 saturated carbocycles. The van der Waals surface area contributed by atoms with Crippen molar-refractivity contribution in [2.75, 3.05) is 31.1 Å². The minimum Gasteiger partial charge on any atom is -0.352 e. The Kier molecular flexibility index (Phi) is 3.81. The van der Waals surface area contributed by atoms with Crippen LogP contribution in [0.1, 0.15) is 18.4 Å². The molecule has 0 unspecified atom stereocenters. The van der Waals surface area contributed by atoms with E-state index in [-0.39, 0.29) is 10.6 Å². The standard InChI is InChI=1S/C17H19ClN4O2/c1-11-2-3-13-14(18)10-15(19-16(13)17(11)22(23)24)21-9-8-20-6-4-12(21)5-7-20/h2-3,10,12H,4-9H2,1H3. The molecule has 3 saturated heterocycles. The average molecular weight is 347 g/mol. The third-order valence-corrected chi connectivity index (χ3v) is 5.54. The molecule has 0 spiro atoms. The van der Waals surface area contributed by atoms with Crippen LogP contribution < -0.4 is 4.90 Å². The highest BCUT2D eigenvalue weighted by molar-refractivity contribution is 6.35. The number of hydrogen-bond donors (Lipinski definition) is 0. The molecule has 0 atom stereocenters. The maximum Gasteiger partial charge on any atom is 0.298 e. The molecule has 7 heteroatoms.